The highest BCUT2D eigenvalue weighted by atomic mass is 16.8. The molecule has 10 atom stereocenters. The molecular formula is C12H20O10. The van der Waals surface area contributed by atoms with Gasteiger partial charge in [-0.15, -0.1) is 0 Å². The van der Waals surface area contributed by atoms with E-state index in [0.717, 1.165) is 0 Å². The Labute approximate surface area is 125 Å². The Morgan fingerprint density at radius 3 is 2.27 bits per heavy atom. The monoisotopic (exact) mass is 324 g/mol. The fourth-order valence-corrected chi connectivity index (χ4v) is 2.87. The molecule has 0 aromatic carbocycles. The molecule has 128 valence electrons. The zero-order valence-electron chi connectivity index (χ0n) is 11.5. The molecule has 0 saturated carbocycles. The van der Waals surface area contributed by atoms with Crippen LogP contribution in [0.3, 0.4) is 0 Å². The largest absolute Gasteiger partial charge is 0.394 e. The second-order valence-corrected chi connectivity index (χ2v) is 5.66. The first-order valence-electron chi connectivity index (χ1n) is 7.03. The van der Waals surface area contributed by atoms with Crippen molar-refractivity contribution in [3.63, 3.8) is 0 Å². The van der Waals surface area contributed by atoms with Crippen LogP contribution in [-0.4, -0.2) is 105 Å². The Morgan fingerprint density at radius 1 is 0.864 bits per heavy atom. The van der Waals surface area contributed by atoms with Crippen molar-refractivity contribution in [1.82, 2.24) is 0 Å². The highest BCUT2D eigenvalue weighted by Gasteiger charge is 2.53. The summed E-state index contributed by atoms with van der Waals surface area (Å²) in [7, 11) is 0. The quantitative estimate of drug-likeness (QED) is 0.299. The third kappa shape index (κ3) is 2.65. The SMILES string of the molecule is OC[C@@H]1O[C@@H](O[C@@H]2C3CO[C@H](O3)C(O)[C@H]2O)C(O)[C@@H](O)[C@@H]1O. The third-order valence-electron chi connectivity index (χ3n) is 4.21. The van der Waals surface area contributed by atoms with Crippen molar-refractivity contribution in [3.05, 3.63) is 0 Å². The van der Waals surface area contributed by atoms with Gasteiger partial charge < -0.3 is 49.6 Å². The summed E-state index contributed by atoms with van der Waals surface area (Å²) < 4.78 is 21.1. The summed E-state index contributed by atoms with van der Waals surface area (Å²) in [5, 5.41) is 58.3. The van der Waals surface area contributed by atoms with Crippen LogP contribution in [0.15, 0.2) is 0 Å². The number of hydrogen-bond donors (Lipinski definition) is 6. The van der Waals surface area contributed by atoms with Crippen LogP contribution in [-0.2, 0) is 18.9 Å². The molecule has 3 fully saturated rings. The molecule has 0 amide bonds. The van der Waals surface area contributed by atoms with E-state index < -0.39 is 68.0 Å². The molecule has 2 bridgehead atoms. The molecule has 10 heteroatoms. The smallest absolute Gasteiger partial charge is 0.187 e. The van der Waals surface area contributed by atoms with Crippen LogP contribution in [0.2, 0.25) is 0 Å². The lowest BCUT2D eigenvalue weighted by Crippen LogP contribution is -2.62. The predicted molar refractivity (Wildman–Crippen MR) is 65.3 cm³/mol. The molecule has 0 aromatic rings. The van der Waals surface area contributed by atoms with Crippen molar-refractivity contribution < 1.29 is 49.6 Å². The first-order chi connectivity index (χ1) is 10.4. The molecule has 22 heavy (non-hydrogen) atoms. The van der Waals surface area contributed by atoms with Gasteiger partial charge in [-0.1, -0.05) is 0 Å². The van der Waals surface area contributed by atoms with E-state index in [1.807, 2.05) is 0 Å². The van der Waals surface area contributed by atoms with Crippen LogP contribution in [0.25, 0.3) is 0 Å². The van der Waals surface area contributed by atoms with Gasteiger partial charge in [0, 0.05) is 0 Å². The molecule has 3 rings (SSSR count). The van der Waals surface area contributed by atoms with Crippen molar-refractivity contribution in [3.8, 4) is 0 Å². The molecule has 3 aliphatic rings. The van der Waals surface area contributed by atoms with Crippen LogP contribution < -0.4 is 0 Å². The minimum absolute atomic E-state index is 0.0842. The lowest BCUT2D eigenvalue weighted by molar-refractivity contribution is -0.337. The second-order valence-electron chi connectivity index (χ2n) is 5.66. The van der Waals surface area contributed by atoms with Gasteiger partial charge in [0.2, 0.25) is 0 Å². The van der Waals surface area contributed by atoms with Crippen LogP contribution in [0.1, 0.15) is 0 Å². The van der Waals surface area contributed by atoms with E-state index in [-0.39, 0.29) is 6.61 Å². The Hall–Kier alpha value is -0.400. The maximum atomic E-state index is 10.0. The topological polar surface area (TPSA) is 158 Å². The van der Waals surface area contributed by atoms with Crippen molar-refractivity contribution in [1.29, 1.82) is 0 Å². The first kappa shape index (κ1) is 16.5. The molecule has 6 N–H and O–H groups in total. The summed E-state index contributed by atoms with van der Waals surface area (Å²) in [6.07, 6.45) is -12.5. The molecule has 0 aliphatic carbocycles. The van der Waals surface area contributed by atoms with Crippen LogP contribution in [0.4, 0.5) is 0 Å². The molecule has 0 aromatic heterocycles. The van der Waals surface area contributed by atoms with E-state index in [0.29, 0.717) is 0 Å². The summed E-state index contributed by atoms with van der Waals surface area (Å²) in [6, 6.07) is 0. The summed E-state index contributed by atoms with van der Waals surface area (Å²) in [6.45, 7) is -0.507. The maximum absolute atomic E-state index is 10.0. The molecule has 3 saturated heterocycles. The van der Waals surface area contributed by atoms with Gasteiger partial charge in [0.25, 0.3) is 0 Å². The lowest BCUT2D eigenvalue weighted by Gasteiger charge is -2.43. The van der Waals surface area contributed by atoms with E-state index in [4.69, 9.17) is 24.1 Å². The molecule has 10 nitrogen and oxygen atoms in total. The fraction of sp³-hybridized carbons (Fsp3) is 1.00. The zero-order chi connectivity index (χ0) is 16.0. The molecule has 0 radical (unpaired) electrons. The Morgan fingerprint density at radius 2 is 1.59 bits per heavy atom. The zero-order valence-corrected chi connectivity index (χ0v) is 11.5. The number of hydrogen-bond acceptors (Lipinski definition) is 10. The van der Waals surface area contributed by atoms with E-state index in [9.17, 15) is 25.5 Å². The van der Waals surface area contributed by atoms with Gasteiger partial charge in [0.05, 0.1) is 13.2 Å². The van der Waals surface area contributed by atoms with Crippen molar-refractivity contribution in [2.45, 2.75) is 61.4 Å². The normalized spacial score (nSPS) is 55.4. The van der Waals surface area contributed by atoms with Gasteiger partial charge >= 0.3 is 0 Å². The van der Waals surface area contributed by atoms with Crippen molar-refractivity contribution >= 4 is 0 Å². The number of ether oxygens (including phenoxy) is 4. The maximum Gasteiger partial charge on any atom is 0.187 e. The molecule has 3 heterocycles. The van der Waals surface area contributed by atoms with Crippen LogP contribution in [0.5, 0.6) is 0 Å². The predicted octanol–water partition coefficient (Wildman–Crippen LogP) is -4.35. The molecule has 0 spiro atoms. The van der Waals surface area contributed by atoms with Gasteiger partial charge in [-0.05, 0) is 0 Å². The van der Waals surface area contributed by atoms with Crippen molar-refractivity contribution in [2.24, 2.45) is 0 Å². The van der Waals surface area contributed by atoms with Crippen molar-refractivity contribution in [2.75, 3.05) is 13.2 Å². The van der Waals surface area contributed by atoms with E-state index in [1.165, 1.54) is 0 Å². The Bertz CT molecular complexity index is 392. The molecule has 3 unspecified atom stereocenters. The lowest BCUT2D eigenvalue weighted by atomic mass is 9.98. The first-order valence-corrected chi connectivity index (χ1v) is 7.03. The van der Waals surface area contributed by atoms with Gasteiger partial charge in [-0.3, -0.25) is 0 Å². The Balaban J connectivity index is 1.71. The minimum atomic E-state index is -1.60. The average Bonchev–Trinajstić information content (AvgIpc) is 2.96. The second kappa shape index (κ2) is 6.24. The standard InChI is InChI=1S/C12H20O10/c13-1-3-5(14)6(15)8(17)12(20-3)22-10-4-2-19-11(21-4)9(18)7(10)16/h3-18H,1-2H2/t3-,4?,5+,6-,7+,8?,9?,10+,11+,12-/m0/s1. The van der Waals surface area contributed by atoms with Gasteiger partial charge in [-0.25, -0.2) is 0 Å². The number of rotatable bonds is 3. The number of fused-ring (bicyclic) bond motifs is 2. The molecular weight excluding hydrogens is 304 g/mol. The number of aliphatic hydroxyl groups excluding tert-OH is 6. The third-order valence-corrected chi connectivity index (χ3v) is 4.21. The van der Waals surface area contributed by atoms with Crippen LogP contribution in [0, 0.1) is 0 Å². The van der Waals surface area contributed by atoms with E-state index >= 15 is 0 Å². The van der Waals surface area contributed by atoms with Gasteiger partial charge in [0.1, 0.15) is 48.8 Å². The summed E-state index contributed by atoms with van der Waals surface area (Å²) in [4.78, 5) is 0. The highest BCUT2D eigenvalue weighted by Crippen LogP contribution is 2.32. The number of aliphatic hydroxyl groups is 6. The Kier molecular flexibility index (Phi) is 4.67. The highest BCUT2D eigenvalue weighted by molar-refractivity contribution is 4.96. The fourth-order valence-electron chi connectivity index (χ4n) is 2.87. The average molecular weight is 324 g/mol. The summed E-state index contributed by atoms with van der Waals surface area (Å²) in [5.74, 6) is 0. The van der Waals surface area contributed by atoms with E-state index in [2.05, 4.69) is 0 Å². The van der Waals surface area contributed by atoms with Gasteiger partial charge in [0.15, 0.2) is 12.6 Å². The van der Waals surface area contributed by atoms with Gasteiger partial charge in [-0.2, -0.15) is 0 Å². The molecule has 3 aliphatic heterocycles. The summed E-state index contributed by atoms with van der Waals surface area (Å²) >= 11 is 0. The minimum Gasteiger partial charge on any atom is -0.394 e. The van der Waals surface area contributed by atoms with Crippen LogP contribution >= 0.6 is 0 Å². The van der Waals surface area contributed by atoms with E-state index in [1.54, 1.807) is 0 Å². The summed E-state index contributed by atoms with van der Waals surface area (Å²) in [5.41, 5.74) is 0.